The molecule has 1 saturated carbocycles. The van der Waals surface area contributed by atoms with E-state index in [4.69, 9.17) is 9.72 Å². The van der Waals surface area contributed by atoms with Crippen molar-refractivity contribution in [3.8, 4) is 11.3 Å². The zero-order valence-corrected chi connectivity index (χ0v) is 17.3. The van der Waals surface area contributed by atoms with Gasteiger partial charge < -0.3 is 9.72 Å². The van der Waals surface area contributed by atoms with Crippen LogP contribution in [0, 0.1) is 6.92 Å². The summed E-state index contributed by atoms with van der Waals surface area (Å²) in [5.41, 5.74) is 4.58. The molecule has 0 amide bonds. The highest BCUT2D eigenvalue weighted by molar-refractivity contribution is 7.09. The average molecular weight is 397 g/mol. The van der Waals surface area contributed by atoms with Crippen LogP contribution in [0.4, 0.5) is 0 Å². The molecule has 0 aromatic carbocycles. The predicted octanol–water partition coefficient (Wildman–Crippen LogP) is 4.74. The molecule has 1 saturated heterocycles. The number of pyridine rings is 1. The van der Waals surface area contributed by atoms with Crippen LogP contribution in [-0.4, -0.2) is 52.2 Å². The van der Waals surface area contributed by atoms with Gasteiger partial charge in [0.25, 0.3) is 0 Å². The van der Waals surface area contributed by atoms with Crippen LogP contribution in [0.1, 0.15) is 48.6 Å². The van der Waals surface area contributed by atoms with Crippen LogP contribution in [0.25, 0.3) is 22.3 Å². The summed E-state index contributed by atoms with van der Waals surface area (Å²) in [5, 5.41) is 4.45. The van der Waals surface area contributed by atoms with Gasteiger partial charge in [0, 0.05) is 54.5 Å². The second-order valence-electron chi connectivity index (χ2n) is 8.13. The van der Waals surface area contributed by atoms with Crippen LogP contribution in [0.3, 0.4) is 0 Å². The van der Waals surface area contributed by atoms with E-state index in [0.29, 0.717) is 5.92 Å². The van der Waals surface area contributed by atoms with E-state index in [1.54, 1.807) is 11.3 Å². The van der Waals surface area contributed by atoms with Gasteiger partial charge >= 0.3 is 0 Å². The first-order chi connectivity index (χ1) is 13.8. The number of aryl methyl sites for hydroxylation is 1. The number of hydrogen-bond acceptors (Lipinski definition) is 5. The molecule has 2 fully saturated rings. The minimum atomic E-state index is 0.622. The fourth-order valence-corrected chi connectivity index (χ4v) is 5.46. The highest BCUT2D eigenvalue weighted by Crippen LogP contribution is 2.37. The second-order valence-corrected chi connectivity index (χ2v) is 9.19. The van der Waals surface area contributed by atoms with Crippen molar-refractivity contribution in [3.05, 3.63) is 34.4 Å². The minimum Gasteiger partial charge on any atom is -0.380 e. The maximum Gasteiger partial charge on any atom is 0.137 e. The summed E-state index contributed by atoms with van der Waals surface area (Å²) in [7, 11) is 0. The van der Waals surface area contributed by atoms with Crippen molar-refractivity contribution in [2.75, 3.05) is 26.3 Å². The van der Waals surface area contributed by atoms with Crippen LogP contribution >= 0.6 is 11.3 Å². The van der Waals surface area contributed by atoms with Crippen LogP contribution in [0.2, 0.25) is 0 Å². The van der Waals surface area contributed by atoms with Crippen molar-refractivity contribution < 1.29 is 4.74 Å². The van der Waals surface area contributed by atoms with Gasteiger partial charge in [-0.05, 0) is 56.6 Å². The molecular weight excluding hydrogens is 368 g/mol. The first-order valence-electron chi connectivity index (χ1n) is 10.5. The van der Waals surface area contributed by atoms with Crippen molar-refractivity contribution in [2.45, 2.75) is 51.0 Å². The lowest BCUT2D eigenvalue weighted by Gasteiger charge is -2.36. The number of nitrogens with one attached hydrogen (secondary N) is 1. The highest BCUT2D eigenvalue weighted by atomic mass is 32.1. The quantitative estimate of drug-likeness (QED) is 0.694. The molecule has 1 N–H and O–H groups in total. The van der Waals surface area contributed by atoms with E-state index in [0.717, 1.165) is 42.1 Å². The Morgan fingerprint density at radius 1 is 1.18 bits per heavy atom. The van der Waals surface area contributed by atoms with E-state index in [9.17, 15) is 0 Å². The zero-order chi connectivity index (χ0) is 18.9. The summed E-state index contributed by atoms with van der Waals surface area (Å²) < 4.78 is 5.63. The maximum atomic E-state index is 5.63. The molecule has 2 aliphatic rings. The lowest BCUT2D eigenvalue weighted by molar-refractivity contribution is 0.118. The number of ether oxygens (including phenoxy) is 1. The van der Waals surface area contributed by atoms with Gasteiger partial charge in [-0.25, -0.2) is 9.97 Å². The smallest absolute Gasteiger partial charge is 0.137 e. The van der Waals surface area contributed by atoms with Crippen molar-refractivity contribution in [1.29, 1.82) is 0 Å². The number of fused-ring (bicyclic) bond motifs is 1. The molecular formula is C22H28N4OS. The molecule has 0 spiro atoms. The van der Waals surface area contributed by atoms with E-state index in [1.165, 1.54) is 55.2 Å². The van der Waals surface area contributed by atoms with Gasteiger partial charge in [0.15, 0.2) is 0 Å². The van der Waals surface area contributed by atoms with Gasteiger partial charge in [-0.2, -0.15) is 0 Å². The number of aromatic amines is 1. The van der Waals surface area contributed by atoms with E-state index >= 15 is 0 Å². The lowest BCUT2D eigenvalue weighted by atomic mass is 9.81. The summed E-state index contributed by atoms with van der Waals surface area (Å²) in [6.07, 6.45) is 10.4. The van der Waals surface area contributed by atoms with E-state index in [1.807, 2.05) is 6.20 Å². The van der Waals surface area contributed by atoms with Gasteiger partial charge in [-0.3, -0.25) is 4.90 Å². The molecule has 0 bridgehead atoms. The van der Waals surface area contributed by atoms with E-state index in [-0.39, 0.29) is 0 Å². The van der Waals surface area contributed by atoms with Gasteiger partial charge in [-0.15, -0.1) is 11.3 Å². The summed E-state index contributed by atoms with van der Waals surface area (Å²) >= 11 is 1.70. The third-order valence-corrected chi connectivity index (χ3v) is 7.16. The van der Waals surface area contributed by atoms with Crippen LogP contribution in [0.15, 0.2) is 23.8 Å². The van der Waals surface area contributed by atoms with Crippen molar-refractivity contribution >= 4 is 22.4 Å². The monoisotopic (exact) mass is 396 g/mol. The van der Waals surface area contributed by atoms with Crippen molar-refractivity contribution in [3.63, 3.8) is 0 Å². The molecule has 6 heteroatoms. The first-order valence-corrected chi connectivity index (χ1v) is 11.4. The normalized spacial score (nSPS) is 24.5. The molecule has 0 atom stereocenters. The molecule has 5 nitrogen and oxygen atoms in total. The van der Waals surface area contributed by atoms with Gasteiger partial charge in [0.1, 0.15) is 5.65 Å². The Balaban J connectivity index is 1.33. The Hall–Kier alpha value is -1.76. The van der Waals surface area contributed by atoms with Gasteiger partial charge in [0.2, 0.25) is 0 Å². The summed E-state index contributed by atoms with van der Waals surface area (Å²) in [6, 6.07) is 3.09. The molecule has 0 radical (unpaired) electrons. The number of H-pyrrole nitrogens is 1. The Morgan fingerprint density at radius 3 is 2.89 bits per heavy atom. The predicted molar refractivity (Wildman–Crippen MR) is 114 cm³/mol. The van der Waals surface area contributed by atoms with Crippen LogP contribution in [-0.2, 0) is 4.74 Å². The fraction of sp³-hybridized carbons (Fsp3) is 0.545. The van der Waals surface area contributed by atoms with Crippen LogP contribution < -0.4 is 0 Å². The summed E-state index contributed by atoms with van der Waals surface area (Å²) in [5.74, 6) is 0.622. The second kappa shape index (κ2) is 7.93. The van der Waals surface area contributed by atoms with Crippen LogP contribution in [0.5, 0.6) is 0 Å². The number of thiazole rings is 1. The van der Waals surface area contributed by atoms with Gasteiger partial charge in [0.05, 0.1) is 17.3 Å². The summed E-state index contributed by atoms with van der Waals surface area (Å²) in [4.78, 5) is 15.4. The summed E-state index contributed by atoms with van der Waals surface area (Å²) in [6.45, 7) is 6.18. The van der Waals surface area contributed by atoms with E-state index < -0.39 is 0 Å². The fourth-order valence-electron chi connectivity index (χ4n) is 4.85. The number of nitrogens with zero attached hydrogens (tertiary/aromatic N) is 3. The molecule has 0 unspecified atom stereocenters. The maximum absolute atomic E-state index is 5.63. The van der Waals surface area contributed by atoms with E-state index in [2.05, 4.69) is 39.4 Å². The molecule has 1 aliphatic heterocycles. The van der Waals surface area contributed by atoms with Crippen molar-refractivity contribution in [2.24, 2.45) is 0 Å². The Morgan fingerprint density at radius 2 is 2.07 bits per heavy atom. The highest BCUT2D eigenvalue weighted by Gasteiger charge is 2.27. The Labute approximate surface area is 170 Å². The minimum absolute atomic E-state index is 0.622. The molecule has 1 aliphatic carbocycles. The molecule has 4 heterocycles. The Kier molecular flexibility index (Phi) is 5.18. The first kappa shape index (κ1) is 18.3. The molecule has 3 aromatic rings. The molecule has 148 valence electrons. The SMILES string of the molecule is Cc1nc(-c2c[nH]c3ncc([C@H]4CC[C@H](N5CCCOCC5)CC4)cc23)cs1. The number of hydrogen-bond donors (Lipinski definition) is 1. The largest absolute Gasteiger partial charge is 0.380 e. The zero-order valence-electron chi connectivity index (χ0n) is 16.5. The molecule has 3 aromatic heterocycles. The standard InChI is InChI=1S/C22H28N4OS/c1-15-25-21(14-28-15)20-13-24-22-19(20)11-17(12-23-22)16-3-5-18(6-4-16)26-7-2-9-27-10-8-26/h11-14,16,18H,2-10H2,1H3,(H,23,24)/t16-,18-. The number of rotatable bonds is 3. The third kappa shape index (κ3) is 3.61. The lowest BCUT2D eigenvalue weighted by Crippen LogP contribution is -2.39. The van der Waals surface area contributed by atoms with Crippen molar-refractivity contribution in [1.82, 2.24) is 19.9 Å². The number of aromatic nitrogens is 3. The van der Waals surface area contributed by atoms with Gasteiger partial charge in [-0.1, -0.05) is 0 Å². The third-order valence-electron chi connectivity index (χ3n) is 6.39. The topological polar surface area (TPSA) is 54.0 Å². The Bertz CT molecular complexity index is 933. The molecule has 5 rings (SSSR count). The average Bonchev–Trinajstić information content (AvgIpc) is 3.24. The molecule has 28 heavy (non-hydrogen) atoms.